The van der Waals surface area contributed by atoms with E-state index < -0.39 is 17.4 Å². The first-order chi connectivity index (χ1) is 11.1. The standard InChI is InChI=1S/C18H19NO4/c1-3-11-4-6-12(7-5-11)19-10-18-9-8-13(23-18)14(17(21)22-2)15(18)16(19)20/h4-9,13-15H,3,10H2,1-2H3/t13-,14+,15-,18+/m1/s1. The fourth-order valence-electron chi connectivity index (χ4n) is 4.03. The van der Waals surface area contributed by atoms with Crippen molar-refractivity contribution in [3.05, 3.63) is 42.0 Å². The molecule has 2 saturated heterocycles. The van der Waals surface area contributed by atoms with Crippen LogP contribution in [0.15, 0.2) is 36.4 Å². The van der Waals surface area contributed by atoms with E-state index in [-0.39, 0.29) is 18.0 Å². The predicted octanol–water partition coefficient (Wildman–Crippen LogP) is 1.71. The number of hydrogen-bond donors (Lipinski definition) is 0. The first-order valence-corrected chi connectivity index (χ1v) is 7.95. The molecular weight excluding hydrogens is 294 g/mol. The Hall–Kier alpha value is -2.14. The highest BCUT2D eigenvalue weighted by atomic mass is 16.5. The Morgan fingerprint density at radius 3 is 2.78 bits per heavy atom. The Balaban J connectivity index is 1.68. The molecule has 0 aliphatic carbocycles. The van der Waals surface area contributed by atoms with Crippen LogP contribution in [0.4, 0.5) is 5.69 Å². The molecular formula is C18H19NO4. The maximum atomic E-state index is 13.0. The van der Waals surface area contributed by atoms with E-state index in [9.17, 15) is 9.59 Å². The molecule has 2 fully saturated rings. The minimum absolute atomic E-state index is 0.0588. The highest BCUT2D eigenvalue weighted by Crippen LogP contribution is 2.52. The van der Waals surface area contributed by atoms with E-state index in [0.29, 0.717) is 6.54 Å². The molecule has 2 bridgehead atoms. The van der Waals surface area contributed by atoms with E-state index >= 15 is 0 Å². The van der Waals surface area contributed by atoms with Crippen molar-refractivity contribution in [3.8, 4) is 0 Å². The van der Waals surface area contributed by atoms with E-state index in [2.05, 4.69) is 6.92 Å². The lowest BCUT2D eigenvalue weighted by Crippen LogP contribution is -2.39. The first-order valence-electron chi connectivity index (χ1n) is 7.95. The SMILES string of the molecule is CCc1ccc(N2C[C@]34C=C[C@@H](O3)[C@H](C(=O)OC)[C@@H]4C2=O)cc1. The third-order valence-electron chi connectivity index (χ3n) is 5.23. The van der Waals surface area contributed by atoms with Crippen LogP contribution in [0.1, 0.15) is 12.5 Å². The molecule has 23 heavy (non-hydrogen) atoms. The van der Waals surface area contributed by atoms with Gasteiger partial charge in [0.25, 0.3) is 0 Å². The third kappa shape index (κ3) is 1.89. The van der Waals surface area contributed by atoms with E-state index in [4.69, 9.17) is 9.47 Å². The number of aryl methyl sites for hydroxylation is 1. The largest absolute Gasteiger partial charge is 0.469 e. The molecule has 0 radical (unpaired) electrons. The molecule has 1 aromatic rings. The number of rotatable bonds is 3. The second kappa shape index (κ2) is 4.93. The van der Waals surface area contributed by atoms with Crippen LogP contribution in [0.2, 0.25) is 0 Å². The van der Waals surface area contributed by atoms with E-state index in [1.807, 2.05) is 36.4 Å². The highest BCUT2D eigenvalue weighted by molar-refractivity contribution is 6.02. The number of methoxy groups -OCH3 is 1. The molecule has 3 heterocycles. The first kappa shape index (κ1) is 14.5. The van der Waals surface area contributed by atoms with Crippen LogP contribution in [0, 0.1) is 11.8 Å². The van der Waals surface area contributed by atoms with Crippen molar-refractivity contribution in [2.75, 3.05) is 18.6 Å². The van der Waals surface area contributed by atoms with Crippen LogP contribution in [-0.4, -0.2) is 37.2 Å². The molecule has 1 aromatic carbocycles. The van der Waals surface area contributed by atoms with Gasteiger partial charge in [0, 0.05) is 5.69 Å². The number of esters is 1. The average Bonchev–Trinajstić information content (AvgIpc) is 3.22. The normalized spacial score (nSPS) is 34.1. The summed E-state index contributed by atoms with van der Waals surface area (Å²) in [7, 11) is 1.35. The van der Waals surface area contributed by atoms with Gasteiger partial charge in [-0.25, -0.2) is 0 Å². The fourth-order valence-corrected chi connectivity index (χ4v) is 4.03. The van der Waals surface area contributed by atoms with Crippen LogP contribution < -0.4 is 4.90 Å². The fraction of sp³-hybridized carbons (Fsp3) is 0.444. The molecule has 1 amide bonds. The highest BCUT2D eigenvalue weighted by Gasteiger charge is 2.67. The minimum atomic E-state index is -0.690. The van der Waals surface area contributed by atoms with E-state index in [1.54, 1.807) is 4.90 Å². The zero-order valence-corrected chi connectivity index (χ0v) is 13.2. The number of benzene rings is 1. The number of fused-ring (bicyclic) bond motifs is 1. The summed E-state index contributed by atoms with van der Waals surface area (Å²) < 4.78 is 10.9. The lowest BCUT2D eigenvalue weighted by Gasteiger charge is -2.22. The van der Waals surface area contributed by atoms with Crippen LogP contribution in [-0.2, 0) is 25.5 Å². The van der Waals surface area contributed by atoms with Crippen LogP contribution >= 0.6 is 0 Å². The van der Waals surface area contributed by atoms with Crippen molar-refractivity contribution in [1.82, 2.24) is 0 Å². The van der Waals surface area contributed by atoms with Gasteiger partial charge in [-0.2, -0.15) is 0 Å². The average molecular weight is 313 g/mol. The molecule has 4 rings (SSSR count). The molecule has 0 unspecified atom stereocenters. The van der Waals surface area contributed by atoms with Crippen LogP contribution in [0.3, 0.4) is 0 Å². The second-order valence-electron chi connectivity index (χ2n) is 6.37. The Kier molecular flexibility index (Phi) is 3.10. The molecule has 5 nitrogen and oxygen atoms in total. The quantitative estimate of drug-likeness (QED) is 0.630. The molecule has 0 N–H and O–H groups in total. The summed E-state index contributed by atoms with van der Waals surface area (Å²) >= 11 is 0. The van der Waals surface area contributed by atoms with Crippen molar-refractivity contribution in [2.24, 2.45) is 11.8 Å². The van der Waals surface area contributed by atoms with Gasteiger partial charge in [0.05, 0.1) is 25.7 Å². The molecule has 0 saturated carbocycles. The van der Waals surface area contributed by atoms with Crippen LogP contribution in [0.5, 0.6) is 0 Å². The zero-order valence-electron chi connectivity index (χ0n) is 13.2. The van der Waals surface area contributed by atoms with Gasteiger partial charge in [-0.15, -0.1) is 0 Å². The van der Waals surface area contributed by atoms with Gasteiger partial charge in [0.15, 0.2) is 0 Å². The molecule has 1 spiro atoms. The third-order valence-corrected chi connectivity index (χ3v) is 5.23. The van der Waals surface area contributed by atoms with E-state index in [1.165, 1.54) is 12.7 Å². The second-order valence-corrected chi connectivity index (χ2v) is 6.37. The number of anilines is 1. The summed E-state index contributed by atoms with van der Waals surface area (Å²) in [6.45, 7) is 2.54. The molecule has 3 aliphatic heterocycles. The van der Waals surface area contributed by atoms with E-state index in [0.717, 1.165) is 12.1 Å². The molecule has 3 aliphatic rings. The number of nitrogens with zero attached hydrogens (tertiary/aromatic N) is 1. The Morgan fingerprint density at radius 1 is 1.39 bits per heavy atom. The van der Waals surface area contributed by atoms with Crippen molar-refractivity contribution >= 4 is 17.6 Å². The Labute approximate surface area is 134 Å². The van der Waals surface area contributed by atoms with Gasteiger partial charge in [-0.05, 0) is 24.1 Å². The summed E-state index contributed by atoms with van der Waals surface area (Å²) in [5, 5.41) is 0. The summed E-state index contributed by atoms with van der Waals surface area (Å²) in [4.78, 5) is 26.8. The van der Waals surface area contributed by atoms with Gasteiger partial charge >= 0.3 is 5.97 Å². The number of carbonyl (C=O) groups is 2. The van der Waals surface area contributed by atoms with Gasteiger partial charge in [0.1, 0.15) is 11.5 Å². The maximum Gasteiger partial charge on any atom is 0.312 e. The van der Waals surface area contributed by atoms with Gasteiger partial charge in [0.2, 0.25) is 5.91 Å². The van der Waals surface area contributed by atoms with Crippen molar-refractivity contribution < 1.29 is 19.1 Å². The topological polar surface area (TPSA) is 55.8 Å². The van der Waals surface area contributed by atoms with Crippen LogP contribution in [0.25, 0.3) is 0 Å². The lowest BCUT2D eigenvalue weighted by molar-refractivity contribution is -0.149. The number of hydrogen-bond acceptors (Lipinski definition) is 4. The zero-order chi connectivity index (χ0) is 16.2. The smallest absolute Gasteiger partial charge is 0.312 e. The van der Waals surface area contributed by atoms with Crippen molar-refractivity contribution in [3.63, 3.8) is 0 Å². The number of ether oxygens (including phenoxy) is 2. The monoisotopic (exact) mass is 313 g/mol. The van der Waals surface area contributed by atoms with Crippen molar-refractivity contribution in [1.29, 1.82) is 0 Å². The number of amides is 1. The maximum absolute atomic E-state index is 13.0. The van der Waals surface area contributed by atoms with Crippen molar-refractivity contribution in [2.45, 2.75) is 25.0 Å². The minimum Gasteiger partial charge on any atom is -0.469 e. The number of carbonyl (C=O) groups excluding carboxylic acids is 2. The van der Waals surface area contributed by atoms with Gasteiger partial charge in [-0.3, -0.25) is 9.59 Å². The summed E-state index contributed by atoms with van der Waals surface area (Å²) in [6.07, 6.45) is 4.44. The summed E-state index contributed by atoms with van der Waals surface area (Å²) in [5.41, 5.74) is 1.38. The molecule has 4 atom stereocenters. The summed E-state index contributed by atoms with van der Waals surface area (Å²) in [5.74, 6) is -1.47. The lowest BCUT2D eigenvalue weighted by atomic mass is 9.77. The predicted molar refractivity (Wildman–Crippen MR) is 83.9 cm³/mol. The summed E-state index contributed by atoms with van der Waals surface area (Å²) in [6, 6.07) is 7.97. The molecule has 0 aromatic heterocycles. The molecule has 120 valence electrons. The Morgan fingerprint density at radius 2 is 2.13 bits per heavy atom. The molecule has 5 heteroatoms. The Bertz CT molecular complexity index is 695. The van der Waals surface area contributed by atoms with Gasteiger partial charge < -0.3 is 14.4 Å². The van der Waals surface area contributed by atoms with Gasteiger partial charge in [-0.1, -0.05) is 31.2 Å².